The Hall–Kier alpha value is -1.95. The Labute approximate surface area is 135 Å². The molecule has 0 spiro atoms. The normalized spacial score (nSPS) is 18.2. The van der Waals surface area contributed by atoms with E-state index in [4.69, 9.17) is 0 Å². The van der Waals surface area contributed by atoms with E-state index in [9.17, 15) is 19.1 Å². The molecule has 1 aliphatic heterocycles. The lowest BCUT2D eigenvalue weighted by molar-refractivity contribution is -0.132. The first-order valence-electron chi connectivity index (χ1n) is 8.01. The van der Waals surface area contributed by atoms with E-state index in [1.165, 1.54) is 18.2 Å². The van der Waals surface area contributed by atoms with Crippen LogP contribution in [-0.4, -0.2) is 34.0 Å². The van der Waals surface area contributed by atoms with E-state index >= 15 is 0 Å². The predicted molar refractivity (Wildman–Crippen MR) is 84.2 cm³/mol. The monoisotopic (exact) mass is 322 g/mol. The first-order chi connectivity index (χ1) is 10.9. The maximum Gasteiger partial charge on any atom is 0.325 e. The zero-order chi connectivity index (χ0) is 17.0. The van der Waals surface area contributed by atoms with Gasteiger partial charge in [0.15, 0.2) is 0 Å². The highest BCUT2D eigenvalue weighted by Gasteiger charge is 2.50. The first-order valence-corrected chi connectivity index (χ1v) is 8.01. The first kappa shape index (κ1) is 17.4. The number of benzene rings is 1. The molecule has 0 aromatic heterocycles. The Kier molecular flexibility index (Phi) is 5.36. The van der Waals surface area contributed by atoms with Crippen molar-refractivity contribution in [2.45, 2.75) is 51.2 Å². The Morgan fingerprint density at radius 2 is 1.83 bits per heavy atom. The molecule has 2 rings (SSSR count). The second kappa shape index (κ2) is 7.08. The number of rotatable bonds is 7. The van der Waals surface area contributed by atoms with Crippen LogP contribution in [0.25, 0.3) is 0 Å². The molecule has 5 nitrogen and oxygen atoms in total. The van der Waals surface area contributed by atoms with Crippen molar-refractivity contribution in [3.8, 4) is 0 Å². The topological polar surface area (TPSA) is 69.6 Å². The van der Waals surface area contributed by atoms with Crippen molar-refractivity contribution < 1.29 is 19.1 Å². The number of hydrogen-bond donors (Lipinski definition) is 2. The Bertz CT molecular complexity index is 585. The third-order valence-electron chi connectivity index (χ3n) is 4.22. The molecule has 0 aliphatic carbocycles. The molecule has 1 aromatic rings. The maximum atomic E-state index is 13.7. The predicted octanol–water partition coefficient (Wildman–Crippen LogP) is 2.75. The van der Waals surface area contributed by atoms with E-state index in [2.05, 4.69) is 5.32 Å². The SMILES string of the molecule is CCCC1(CCC)NC(=O)N(CC(O)c2ccccc2F)C1=O. The highest BCUT2D eigenvalue weighted by Crippen LogP contribution is 2.29. The molecule has 3 amide bonds. The summed E-state index contributed by atoms with van der Waals surface area (Å²) in [6.45, 7) is 3.65. The zero-order valence-corrected chi connectivity index (χ0v) is 13.5. The summed E-state index contributed by atoms with van der Waals surface area (Å²) in [6, 6.07) is 5.29. The van der Waals surface area contributed by atoms with Gasteiger partial charge in [-0.15, -0.1) is 0 Å². The van der Waals surface area contributed by atoms with Gasteiger partial charge in [0.25, 0.3) is 5.91 Å². The number of hydrogen-bond acceptors (Lipinski definition) is 3. The van der Waals surface area contributed by atoms with Gasteiger partial charge in [-0.2, -0.15) is 0 Å². The van der Waals surface area contributed by atoms with Crippen LogP contribution in [0.2, 0.25) is 0 Å². The summed E-state index contributed by atoms with van der Waals surface area (Å²) in [4.78, 5) is 25.9. The van der Waals surface area contributed by atoms with Crippen molar-refractivity contribution >= 4 is 11.9 Å². The lowest BCUT2D eigenvalue weighted by Gasteiger charge is -2.26. The average Bonchev–Trinajstić information content (AvgIpc) is 2.73. The van der Waals surface area contributed by atoms with Crippen LogP contribution >= 0.6 is 0 Å². The highest BCUT2D eigenvalue weighted by molar-refractivity contribution is 6.07. The average molecular weight is 322 g/mol. The number of amides is 3. The van der Waals surface area contributed by atoms with Crippen molar-refractivity contribution in [2.24, 2.45) is 0 Å². The minimum atomic E-state index is -1.25. The van der Waals surface area contributed by atoms with Gasteiger partial charge in [0.05, 0.1) is 12.6 Å². The molecule has 6 heteroatoms. The number of urea groups is 1. The molecular formula is C17H23FN2O3. The van der Waals surface area contributed by atoms with Crippen LogP contribution in [0, 0.1) is 5.82 Å². The van der Waals surface area contributed by atoms with Crippen molar-refractivity contribution in [1.82, 2.24) is 10.2 Å². The number of nitrogens with one attached hydrogen (secondary N) is 1. The summed E-state index contributed by atoms with van der Waals surface area (Å²) in [7, 11) is 0. The van der Waals surface area contributed by atoms with E-state index in [0.717, 1.165) is 17.7 Å². The molecule has 1 aliphatic rings. The fourth-order valence-corrected chi connectivity index (χ4v) is 3.18. The highest BCUT2D eigenvalue weighted by atomic mass is 19.1. The lowest BCUT2D eigenvalue weighted by Crippen LogP contribution is -2.47. The van der Waals surface area contributed by atoms with Crippen LogP contribution in [0.4, 0.5) is 9.18 Å². The Morgan fingerprint density at radius 1 is 1.22 bits per heavy atom. The summed E-state index contributed by atoms with van der Waals surface area (Å²) in [5.41, 5.74) is -0.813. The van der Waals surface area contributed by atoms with Gasteiger partial charge < -0.3 is 10.4 Å². The third-order valence-corrected chi connectivity index (χ3v) is 4.22. The van der Waals surface area contributed by atoms with E-state index < -0.39 is 23.5 Å². The van der Waals surface area contributed by atoms with Crippen LogP contribution in [0.15, 0.2) is 24.3 Å². The molecule has 1 heterocycles. The zero-order valence-electron chi connectivity index (χ0n) is 13.5. The molecule has 126 valence electrons. The minimum absolute atomic E-state index is 0.0802. The molecule has 2 N–H and O–H groups in total. The van der Waals surface area contributed by atoms with Crippen molar-refractivity contribution in [3.05, 3.63) is 35.6 Å². The summed E-state index contributed by atoms with van der Waals surface area (Å²) in [6.07, 6.45) is 1.38. The van der Waals surface area contributed by atoms with E-state index in [1.807, 2.05) is 13.8 Å². The summed E-state index contributed by atoms with van der Waals surface area (Å²) in [5.74, 6) is -0.887. The number of nitrogens with zero attached hydrogens (tertiary/aromatic N) is 1. The fourth-order valence-electron chi connectivity index (χ4n) is 3.18. The van der Waals surface area contributed by atoms with Crippen molar-refractivity contribution in [3.63, 3.8) is 0 Å². The molecule has 0 bridgehead atoms. The second-order valence-corrected chi connectivity index (χ2v) is 5.97. The van der Waals surface area contributed by atoms with Crippen LogP contribution in [-0.2, 0) is 4.79 Å². The summed E-state index contributed by atoms with van der Waals surface area (Å²) >= 11 is 0. The van der Waals surface area contributed by atoms with E-state index in [1.54, 1.807) is 6.07 Å². The van der Waals surface area contributed by atoms with Crippen LogP contribution in [0.1, 0.15) is 51.2 Å². The van der Waals surface area contributed by atoms with E-state index in [-0.39, 0.29) is 18.0 Å². The quantitative estimate of drug-likeness (QED) is 0.758. The molecule has 1 fully saturated rings. The Balaban J connectivity index is 2.18. The summed E-state index contributed by atoms with van der Waals surface area (Å²) < 4.78 is 13.7. The smallest absolute Gasteiger partial charge is 0.325 e. The molecule has 0 saturated carbocycles. The molecule has 1 atom stereocenters. The van der Waals surface area contributed by atoms with Gasteiger partial charge in [0.2, 0.25) is 0 Å². The van der Waals surface area contributed by atoms with Gasteiger partial charge in [-0.05, 0) is 18.9 Å². The number of aliphatic hydroxyl groups excluding tert-OH is 1. The number of aliphatic hydroxyl groups is 1. The van der Waals surface area contributed by atoms with Gasteiger partial charge in [-0.3, -0.25) is 9.69 Å². The van der Waals surface area contributed by atoms with Crippen LogP contribution in [0.5, 0.6) is 0 Å². The van der Waals surface area contributed by atoms with Gasteiger partial charge in [-0.25, -0.2) is 9.18 Å². The van der Waals surface area contributed by atoms with Crippen LogP contribution in [0.3, 0.4) is 0 Å². The molecular weight excluding hydrogens is 299 g/mol. The molecule has 23 heavy (non-hydrogen) atoms. The number of carbonyl (C=O) groups is 2. The largest absolute Gasteiger partial charge is 0.386 e. The molecule has 1 unspecified atom stereocenters. The third kappa shape index (κ3) is 3.37. The number of imide groups is 1. The molecule has 1 aromatic carbocycles. The summed E-state index contributed by atoms with van der Waals surface area (Å²) in [5, 5.41) is 13.0. The van der Waals surface area contributed by atoms with Gasteiger partial charge in [0, 0.05) is 5.56 Å². The Morgan fingerprint density at radius 3 is 2.39 bits per heavy atom. The number of halogens is 1. The van der Waals surface area contributed by atoms with E-state index in [0.29, 0.717) is 12.8 Å². The second-order valence-electron chi connectivity index (χ2n) is 5.97. The van der Waals surface area contributed by atoms with Crippen molar-refractivity contribution in [2.75, 3.05) is 6.54 Å². The van der Waals surface area contributed by atoms with Gasteiger partial charge in [-0.1, -0.05) is 44.9 Å². The standard InChI is InChI=1S/C17H23FN2O3/c1-3-9-17(10-4-2)15(22)20(16(23)19-17)11-14(21)12-7-5-6-8-13(12)18/h5-8,14,21H,3-4,9-11H2,1-2H3,(H,19,23). The fraction of sp³-hybridized carbons (Fsp3) is 0.529. The molecule has 1 saturated heterocycles. The van der Waals surface area contributed by atoms with Crippen LogP contribution < -0.4 is 5.32 Å². The molecule has 0 radical (unpaired) electrons. The number of carbonyl (C=O) groups excluding carboxylic acids is 2. The number of β-amino-alcohol motifs (C(OH)–C–C–N with tert-alkyl or cyclic N) is 1. The lowest BCUT2D eigenvalue weighted by atomic mass is 9.88. The van der Waals surface area contributed by atoms with Gasteiger partial charge >= 0.3 is 6.03 Å². The van der Waals surface area contributed by atoms with Gasteiger partial charge in [0.1, 0.15) is 11.4 Å². The maximum absolute atomic E-state index is 13.7. The van der Waals surface area contributed by atoms with Crippen molar-refractivity contribution in [1.29, 1.82) is 0 Å². The minimum Gasteiger partial charge on any atom is -0.386 e.